The number of fused-ring (bicyclic) bond motifs is 1. The normalized spacial score (nSPS) is 18.1. The van der Waals surface area contributed by atoms with Crippen LogP contribution in [0.1, 0.15) is 12.5 Å². The van der Waals surface area contributed by atoms with Crippen LogP contribution in [0.25, 0.3) is 11.2 Å². The number of anilines is 1. The van der Waals surface area contributed by atoms with Gasteiger partial charge in [0, 0.05) is 12.6 Å². The molecule has 0 saturated heterocycles. The Morgan fingerprint density at radius 3 is 2.66 bits per heavy atom. The van der Waals surface area contributed by atoms with E-state index in [0.717, 1.165) is 4.90 Å². The Kier molecular flexibility index (Phi) is 6.58. The van der Waals surface area contributed by atoms with Gasteiger partial charge >= 0.3 is 15.2 Å². The van der Waals surface area contributed by atoms with E-state index in [9.17, 15) is 23.8 Å². The number of aromatic amines is 1. The molecule has 2 atom stereocenters. The van der Waals surface area contributed by atoms with Gasteiger partial charge in [-0.3, -0.25) is 23.7 Å². The van der Waals surface area contributed by atoms with E-state index >= 15 is 0 Å². The number of H-pyrrole nitrogens is 1. The predicted octanol–water partition coefficient (Wildman–Crippen LogP) is -1.99. The van der Waals surface area contributed by atoms with Crippen LogP contribution in [-0.4, -0.2) is 80.2 Å². The molecule has 0 spiro atoms. The Morgan fingerprint density at radius 1 is 1.34 bits per heavy atom. The average Bonchev–Trinajstić information content (AvgIpc) is 3.26. The molecule has 176 valence electrons. The van der Waals surface area contributed by atoms with Crippen molar-refractivity contribution >= 4 is 38.2 Å². The first kappa shape index (κ1) is 24.1. The zero-order valence-corrected chi connectivity index (χ0v) is 18.0. The largest absolute Gasteiger partial charge is 0.491 e. The fourth-order valence-electron chi connectivity index (χ4n) is 2.92. The number of rotatable bonds is 8. The summed E-state index contributed by atoms with van der Waals surface area (Å²) in [6.07, 6.45) is 1.22. The van der Waals surface area contributed by atoms with Crippen molar-refractivity contribution in [1.29, 1.82) is 0 Å². The van der Waals surface area contributed by atoms with Gasteiger partial charge in [-0.1, -0.05) is 0 Å². The van der Waals surface area contributed by atoms with Gasteiger partial charge in [-0.05, 0) is 0 Å². The predicted molar refractivity (Wildman–Crippen MR) is 107 cm³/mol. The minimum atomic E-state index is -4.87. The minimum absolute atomic E-state index is 0.0332. The number of imidazole rings is 1. The molecule has 0 radical (unpaired) electrons. The summed E-state index contributed by atoms with van der Waals surface area (Å²) < 4.78 is 28.9. The zero-order chi connectivity index (χ0) is 23.8. The molecule has 0 bridgehead atoms. The first-order valence-corrected chi connectivity index (χ1v) is 12.4. The van der Waals surface area contributed by atoms with Crippen LogP contribution in [0.3, 0.4) is 0 Å². The van der Waals surface area contributed by atoms with Crippen molar-refractivity contribution in [3.8, 4) is 0 Å². The molecule has 1 aliphatic rings. The minimum Gasteiger partial charge on any atom is -0.491 e. The SMILES string of the molecule is Nc1nc2c(ncn2C2CN(C(=O)CCP(=O)(O)O)C=C2OCC(O)P(=O)(O)O)c(=O)[nH]1. The second kappa shape index (κ2) is 8.75. The smallest absolute Gasteiger partial charge is 0.357 e. The number of carbonyl (C=O) groups excluding carboxylic acids is 1. The lowest BCUT2D eigenvalue weighted by molar-refractivity contribution is -0.128. The molecule has 2 aromatic heterocycles. The maximum Gasteiger partial charge on any atom is 0.357 e. The second-order valence-electron chi connectivity index (χ2n) is 6.89. The van der Waals surface area contributed by atoms with Gasteiger partial charge in [-0.15, -0.1) is 0 Å². The first-order valence-electron chi connectivity index (χ1n) is 8.90. The summed E-state index contributed by atoms with van der Waals surface area (Å²) in [5.74, 6) is -3.05. The molecule has 3 rings (SSSR count). The summed E-state index contributed by atoms with van der Waals surface area (Å²) in [4.78, 5) is 71.8. The van der Waals surface area contributed by atoms with Gasteiger partial charge in [0.15, 0.2) is 17.0 Å². The molecular weight excluding hydrogens is 474 g/mol. The van der Waals surface area contributed by atoms with E-state index in [1.807, 2.05) is 0 Å². The standard InChI is InChI=1S/C14H20N6O10P2/c15-14-17-12-11(13(23)18-14)16-6-20(12)7-3-19(9(21)1-2-31(24,25)26)4-8(7)30-5-10(22)32(27,28)29/h4,6-7,10,22H,1-3,5H2,(H2,24,25,26)(H2,27,28,29)(H3,15,17,18,23). The molecular formula is C14H20N6O10P2. The van der Waals surface area contributed by atoms with Crippen LogP contribution in [0.2, 0.25) is 0 Å². The molecule has 8 N–H and O–H groups in total. The number of hydrogen-bond acceptors (Lipinski definition) is 9. The van der Waals surface area contributed by atoms with Crippen molar-refractivity contribution in [2.45, 2.75) is 18.3 Å². The number of aromatic nitrogens is 4. The van der Waals surface area contributed by atoms with Crippen LogP contribution >= 0.6 is 15.2 Å². The topological polar surface area (TPSA) is 254 Å². The van der Waals surface area contributed by atoms with Crippen LogP contribution in [0.15, 0.2) is 23.1 Å². The number of carbonyl (C=O) groups is 1. The van der Waals surface area contributed by atoms with E-state index < -0.39 is 57.7 Å². The lowest BCUT2D eigenvalue weighted by atomic mass is 10.2. The summed E-state index contributed by atoms with van der Waals surface area (Å²) in [6, 6.07) is -0.892. The first-order chi connectivity index (χ1) is 14.8. The van der Waals surface area contributed by atoms with Crippen LogP contribution in [0, 0.1) is 0 Å². The maximum atomic E-state index is 12.4. The third kappa shape index (κ3) is 5.42. The third-order valence-corrected chi connectivity index (χ3v) is 6.22. The fraction of sp³-hybridized carbons (Fsp3) is 0.429. The average molecular weight is 494 g/mol. The Hall–Kier alpha value is -2.58. The van der Waals surface area contributed by atoms with Gasteiger partial charge in [0.1, 0.15) is 18.4 Å². The van der Waals surface area contributed by atoms with E-state index in [-0.39, 0.29) is 29.4 Å². The van der Waals surface area contributed by atoms with Gasteiger partial charge in [0.05, 0.1) is 19.0 Å². The fourth-order valence-corrected chi connectivity index (χ4v) is 3.68. The molecule has 3 heterocycles. The highest BCUT2D eigenvalue weighted by atomic mass is 31.2. The monoisotopic (exact) mass is 494 g/mol. The second-order valence-corrected chi connectivity index (χ2v) is 10.4. The number of aliphatic hydroxyl groups is 1. The number of ether oxygens (including phenoxy) is 1. The number of nitrogens with one attached hydrogen (secondary N) is 1. The molecule has 1 amide bonds. The van der Waals surface area contributed by atoms with E-state index in [1.165, 1.54) is 17.1 Å². The van der Waals surface area contributed by atoms with Crippen molar-refractivity contribution in [2.24, 2.45) is 0 Å². The third-order valence-electron chi connectivity index (χ3n) is 4.49. The van der Waals surface area contributed by atoms with E-state index in [4.69, 9.17) is 30.0 Å². The quantitative estimate of drug-likeness (QED) is 0.196. The van der Waals surface area contributed by atoms with Crippen molar-refractivity contribution in [2.75, 3.05) is 25.0 Å². The van der Waals surface area contributed by atoms with E-state index in [0.29, 0.717) is 0 Å². The molecule has 2 unspecified atom stereocenters. The van der Waals surface area contributed by atoms with Gasteiger partial charge < -0.3 is 44.6 Å². The van der Waals surface area contributed by atoms with Gasteiger partial charge in [-0.25, -0.2) is 4.98 Å². The van der Waals surface area contributed by atoms with Crippen molar-refractivity contribution in [3.05, 3.63) is 28.6 Å². The number of aliphatic hydroxyl groups excluding tert-OH is 1. The Bertz CT molecular complexity index is 1210. The van der Waals surface area contributed by atoms with Crippen molar-refractivity contribution < 1.29 is 43.3 Å². The maximum absolute atomic E-state index is 12.4. The molecule has 1 aliphatic heterocycles. The summed E-state index contributed by atoms with van der Waals surface area (Å²) in [5.41, 5.74) is 4.92. The lowest BCUT2D eigenvalue weighted by Crippen LogP contribution is -2.28. The molecule has 0 fully saturated rings. The number of hydrogen-bond donors (Lipinski definition) is 7. The summed E-state index contributed by atoms with van der Waals surface area (Å²) in [5, 5.41) is 9.58. The van der Waals surface area contributed by atoms with Crippen LogP contribution in [0.4, 0.5) is 5.95 Å². The van der Waals surface area contributed by atoms with Crippen LogP contribution in [0.5, 0.6) is 0 Å². The Morgan fingerprint density at radius 2 is 2.03 bits per heavy atom. The van der Waals surface area contributed by atoms with Crippen molar-refractivity contribution in [1.82, 2.24) is 24.4 Å². The molecule has 0 aromatic carbocycles. The molecule has 32 heavy (non-hydrogen) atoms. The number of nitrogens with two attached hydrogens (primary N) is 1. The highest BCUT2D eigenvalue weighted by molar-refractivity contribution is 7.52. The van der Waals surface area contributed by atoms with Gasteiger partial charge in [0.25, 0.3) is 5.56 Å². The highest BCUT2D eigenvalue weighted by Gasteiger charge is 2.35. The number of amides is 1. The molecule has 2 aromatic rings. The van der Waals surface area contributed by atoms with E-state index in [2.05, 4.69) is 15.0 Å². The van der Waals surface area contributed by atoms with Crippen molar-refractivity contribution in [3.63, 3.8) is 0 Å². The van der Waals surface area contributed by atoms with E-state index in [1.54, 1.807) is 0 Å². The van der Waals surface area contributed by atoms with Gasteiger partial charge in [0.2, 0.25) is 11.9 Å². The zero-order valence-electron chi connectivity index (χ0n) is 16.2. The number of nitrogens with zero attached hydrogens (tertiary/aromatic N) is 4. The Balaban J connectivity index is 1.92. The molecule has 0 saturated carbocycles. The van der Waals surface area contributed by atoms with Gasteiger partial charge in [-0.2, -0.15) is 4.98 Å². The molecule has 16 nitrogen and oxygen atoms in total. The molecule has 0 aliphatic carbocycles. The van der Waals surface area contributed by atoms with Crippen LogP contribution < -0.4 is 11.3 Å². The molecule has 18 heteroatoms. The lowest BCUT2D eigenvalue weighted by Gasteiger charge is -2.20. The number of nitrogen functional groups attached to an aromatic ring is 1. The summed E-state index contributed by atoms with van der Waals surface area (Å²) >= 11 is 0. The summed E-state index contributed by atoms with van der Waals surface area (Å²) in [7, 11) is -9.29. The van der Waals surface area contributed by atoms with Crippen LogP contribution in [-0.2, 0) is 18.7 Å². The highest BCUT2D eigenvalue weighted by Crippen LogP contribution is 2.41. The Labute approximate surface area is 178 Å². The summed E-state index contributed by atoms with van der Waals surface area (Å²) in [6.45, 7) is -0.957.